The molecule has 2 rings (SSSR count). The molecule has 0 aliphatic rings. The second-order valence-corrected chi connectivity index (χ2v) is 6.44. The Labute approximate surface area is 128 Å². The molecule has 0 saturated carbocycles. The van der Waals surface area contributed by atoms with E-state index in [2.05, 4.69) is 25.8 Å². The Morgan fingerprint density at radius 3 is 2.30 bits per heavy atom. The molecule has 1 aromatic heterocycles. The average molecular weight is 271 g/mol. The molecule has 20 heavy (non-hydrogen) atoms. The predicted molar refractivity (Wildman–Crippen MR) is 87.2 cm³/mol. The smallest absolute Gasteiger partial charge is 0.0705 e. The minimum Gasteiger partial charge on any atom is -0.256 e. The Hall–Kier alpha value is -1.63. The van der Waals surface area contributed by atoms with Crippen molar-refractivity contribution in [2.75, 3.05) is 0 Å². The van der Waals surface area contributed by atoms with E-state index < -0.39 is 12.7 Å². The number of pyridine rings is 1. The van der Waals surface area contributed by atoms with Gasteiger partial charge in [-0.15, -0.1) is 0 Å². The van der Waals surface area contributed by atoms with Crippen molar-refractivity contribution in [1.29, 1.82) is 0 Å². The van der Waals surface area contributed by atoms with Crippen molar-refractivity contribution < 1.29 is 5.48 Å². The summed E-state index contributed by atoms with van der Waals surface area (Å²) in [6, 6.07) is 8.87. The summed E-state index contributed by atoms with van der Waals surface area (Å²) < 4.78 is 30.7. The molecular formula is C19H25N. The Balaban J connectivity index is 2.53. The van der Waals surface area contributed by atoms with Gasteiger partial charge in [0.05, 0.1) is 5.69 Å². The average Bonchev–Trinajstić information content (AvgIpc) is 2.44. The van der Waals surface area contributed by atoms with Gasteiger partial charge in [-0.2, -0.15) is 0 Å². The summed E-state index contributed by atoms with van der Waals surface area (Å²) >= 11 is 0. The van der Waals surface area contributed by atoms with Gasteiger partial charge in [-0.25, -0.2) is 0 Å². The quantitative estimate of drug-likeness (QED) is 0.705. The minimum atomic E-state index is -2.10. The highest BCUT2D eigenvalue weighted by Crippen LogP contribution is 2.32. The van der Waals surface area contributed by atoms with Gasteiger partial charge in [0.2, 0.25) is 0 Å². The van der Waals surface area contributed by atoms with Crippen molar-refractivity contribution >= 4 is 0 Å². The summed E-state index contributed by atoms with van der Waals surface area (Å²) in [6.45, 7) is 8.01. The first-order valence-electron chi connectivity index (χ1n) is 8.92. The van der Waals surface area contributed by atoms with E-state index >= 15 is 0 Å². The molecule has 0 spiro atoms. The van der Waals surface area contributed by atoms with Crippen molar-refractivity contribution in [2.24, 2.45) is 0 Å². The molecule has 0 aliphatic carbocycles. The summed E-state index contributed by atoms with van der Waals surface area (Å²) in [7, 11) is 0. The van der Waals surface area contributed by atoms with Gasteiger partial charge in [0, 0.05) is 17.2 Å². The molecule has 106 valence electrons. The van der Waals surface area contributed by atoms with Crippen LogP contribution in [0.4, 0.5) is 0 Å². The van der Waals surface area contributed by atoms with Crippen molar-refractivity contribution in [2.45, 2.75) is 52.8 Å². The van der Waals surface area contributed by atoms with Crippen LogP contribution in [0.2, 0.25) is 0 Å². The van der Waals surface area contributed by atoms with E-state index in [0.717, 1.165) is 22.4 Å². The van der Waals surface area contributed by atoms with Crippen LogP contribution in [-0.2, 0) is 5.41 Å². The number of aromatic nitrogens is 1. The maximum absolute atomic E-state index is 8.36. The summed E-state index contributed by atoms with van der Waals surface area (Å²) in [6.07, 6.45) is 1.78. The standard InChI is InChI=1S/C19H25N/c1-13(2)16-12-20-18(11-17(16)19(4,5)6)15-9-7-14(3)8-10-15/h7-13H,1-6H3/i3D3,13D. The SMILES string of the molecule is [2H]C([2H])([2H])c1ccc(-c2cc(C(C)(C)C)c(C([2H])(C)C)cn2)cc1. The van der Waals surface area contributed by atoms with Crippen molar-refractivity contribution in [3.8, 4) is 11.3 Å². The molecule has 0 N–H and O–H groups in total. The van der Waals surface area contributed by atoms with Crippen molar-refractivity contribution in [1.82, 2.24) is 4.98 Å². The lowest BCUT2D eigenvalue weighted by atomic mass is 9.81. The lowest BCUT2D eigenvalue weighted by molar-refractivity contribution is 0.576. The van der Waals surface area contributed by atoms with Crippen LogP contribution >= 0.6 is 0 Å². The second-order valence-electron chi connectivity index (χ2n) is 6.44. The molecule has 0 bridgehead atoms. The molecule has 0 radical (unpaired) electrons. The predicted octanol–water partition coefficient (Wildman–Crippen LogP) is 5.48. The van der Waals surface area contributed by atoms with E-state index in [1.807, 2.05) is 19.9 Å². The zero-order valence-corrected chi connectivity index (χ0v) is 12.9. The third kappa shape index (κ3) is 3.09. The van der Waals surface area contributed by atoms with E-state index in [0.29, 0.717) is 5.56 Å². The van der Waals surface area contributed by atoms with Crippen molar-refractivity contribution in [3.05, 3.63) is 53.2 Å². The lowest BCUT2D eigenvalue weighted by Gasteiger charge is -2.25. The fourth-order valence-corrected chi connectivity index (χ4v) is 2.27. The fourth-order valence-electron chi connectivity index (χ4n) is 2.27. The van der Waals surface area contributed by atoms with Gasteiger partial charge in [-0.1, -0.05) is 64.4 Å². The first kappa shape index (κ1) is 10.1. The first-order valence-corrected chi connectivity index (χ1v) is 6.92. The van der Waals surface area contributed by atoms with E-state index in [1.165, 1.54) is 0 Å². The third-order valence-corrected chi connectivity index (χ3v) is 3.43. The number of hydrogen-bond donors (Lipinski definition) is 0. The molecular weight excluding hydrogens is 242 g/mol. The van der Waals surface area contributed by atoms with Crippen LogP contribution in [0, 0.1) is 6.85 Å². The van der Waals surface area contributed by atoms with Gasteiger partial charge in [-0.05, 0) is 35.4 Å². The zero-order chi connectivity index (χ0) is 18.3. The second kappa shape index (κ2) is 5.40. The minimum absolute atomic E-state index is 0.107. The monoisotopic (exact) mass is 271 g/mol. The van der Waals surface area contributed by atoms with Crippen LogP contribution in [0.1, 0.15) is 62.7 Å². The van der Waals surface area contributed by atoms with Gasteiger partial charge in [0.15, 0.2) is 0 Å². The Morgan fingerprint density at radius 2 is 1.80 bits per heavy atom. The number of benzene rings is 1. The Morgan fingerprint density at radius 1 is 1.15 bits per heavy atom. The normalized spacial score (nSPS) is 16.1. The molecule has 1 heterocycles. The molecule has 1 nitrogen and oxygen atoms in total. The van der Waals surface area contributed by atoms with E-state index in [9.17, 15) is 0 Å². The van der Waals surface area contributed by atoms with Crippen molar-refractivity contribution in [3.63, 3.8) is 0 Å². The van der Waals surface area contributed by atoms with E-state index in [1.54, 1.807) is 30.5 Å². The third-order valence-electron chi connectivity index (χ3n) is 3.43. The summed E-state index contributed by atoms with van der Waals surface area (Å²) in [4.78, 5) is 4.52. The van der Waals surface area contributed by atoms with Gasteiger partial charge in [-0.3, -0.25) is 4.98 Å². The molecule has 0 aliphatic heterocycles. The van der Waals surface area contributed by atoms with Crippen LogP contribution in [0.15, 0.2) is 36.5 Å². The van der Waals surface area contributed by atoms with Gasteiger partial charge >= 0.3 is 0 Å². The van der Waals surface area contributed by atoms with Crippen LogP contribution < -0.4 is 0 Å². The molecule has 1 heteroatoms. The van der Waals surface area contributed by atoms with E-state index in [-0.39, 0.29) is 5.41 Å². The summed E-state index contributed by atoms with van der Waals surface area (Å²) in [5, 5.41) is 0. The zero-order valence-electron chi connectivity index (χ0n) is 16.9. The van der Waals surface area contributed by atoms with Crippen LogP contribution in [0.25, 0.3) is 11.3 Å². The molecule has 0 saturated heterocycles. The summed E-state index contributed by atoms with van der Waals surface area (Å²) in [5.74, 6) is -0.723. The molecule has 1 aromatic carbocycles. The topological polar surface area (TPSA) is 12.9 Å². The number of aryl methyl sites for hydroxylation is 1. The lowest BCUT2D eigenvalue weighted by Crippen LogP contribution is -2.15. The Bertz CT molecular complexity index is 717. The Kier molecular flexibility index (Phi) is 2.74. The molecule has 0 fully saturated rings. The van der Waals surface area contributed by atoms with Gasteiger partial charge in [0.25, 0.3) is 0 Å². The molecule has 0 amide bonds. The maximum atomic E-state index is 8.36. The van der Waals surface area contributed by atoms with Crippen LogP contribution in [-0.4, -0.2) is 4.98 Å². The molecule has 0 unspecified atom stereocenters. The summed E-state index contributed by atoms with van der Waals surface area (Å²) in [5.41, 5.74) is 3.90. The largest absolute Gasteiger partial charge is 0.256 e. The van der Waals surface area contributed by atoms with Gasteiger partial charge in [0.1, 0.15) is 0 Å². The highest BCUT2D eigenvalue weighted by atomic mass is 14.7. The highest BCUT2D eigenvalue weighted by molar-refractivity contribution is 5.61. The molecule has 2 aromatic rings. The number of nitrogens with zero attached hydrogens (tertiary/aromatic N) is 1. The molecule has 0 atom stereocenters. The fraction of sp³-hybridized carbons (Fsp3) is 0.421. The number of rotatable bonds is 2. The van der Waals surface area contributed by atoms with Gasteiger partial charge < -0.3 is 0 Å². The first-order chi connectivity index (χ1) is 10.8. The van der Waals surface area contributed by atoms with Crippen LogP contribution in [0.5, 0.6) is 0 Å². The van der Waals surface area contributed by atoms with Crippen LogP contribution in [0.3, 0.4) is 0 Å². The van der Waals surface area contributed by atoms with E-state index in [4.69, 9.17) is 5.48 Å². The highest BCUT2D eigenvalue weighted by Gasteiger charge is 2.20. The maximum Gasteiger partial charge on any atom is 0.0705 e. The number of hydrogen-bond acceptors (Lipinski definition) is 1.